The van der Waals surface area contributed by atoms with E-state index in [2.05, 4.69) is 19.0 Å². The second kappa shape index (κ2) is 2.68. The van der Waals surface area contributed by atoms with Gasteiger partial charge in [-0.2, -0.15) is 5.53 Å². The van der Waals surface area contributed by atoms with Crippen LogP contribution >= 0.6 is 0 Å². The monoisotopic (exact) mass is 153 g/mol. The van der Waals surface area contributed by atoms with Crippen molar-refractivity contribution in [3.05, 3.63) is 23.5 Å². The van der Waals surface area contributed by atoms with Crippen LogP contribution in [-0.4, -0.2) is 24.1 Å². The van der Waals surface area contributed by atoms with E-state index in [0.717, 1.165) is 5.57 Å². The summed E-state index contributed by atoms with van der Waals surface area (Å²) in [5.41, 5.74) is 6.71. The maximum atomic E-state index is 3.87. The van der Waals surface area contributed by atoms with E-state index in [1.54, 1.807) is 0 Å². The second-order valence-corrected chi connectivity index (χ2v) is 3.04. The molecule has 0 aromatic heterocycles. The first-order chi connectivity index (χ1) is 5.04. The van der Waals surface area contributed by atoms with Crippen LogP contribution in [-0.2, 0) is 0 Å². The van der Waals surface area contributed by atoms with Crippen LogP contribution in [0.15, 0.2) is 23.5 Å². The van der Waals surface area contributed by atoms with E-state index in [1.165, 1.54) is 11.4 Å². The van der Waals surface area contributed by atoms with Gasteiger partial charge >= 0.3 is 0 Å². The number of hydrogen-bond donors (Lipinski definition) is 1. The van der Waals surface area contributed by atoms with E-state index in [1.807, 2.05) is 31.0 Å². The molecular weight excluding hydrogens is 138 g/mol. The van der Waals surface area contributed by atoms with Gasteiger partial charge in [-0.1, -0.05) is 6.58 Å². The van der Waals surface area contributed by atoms with Crippen molar-refractivity contribution in [3.63, 3.8) is 0 Å². The fourth-order valence-corrected chi connectivity index (χ4v) is 1.07. The van der Waals surface area contributed by atoms with Gasteiger partial charge in [-0.05, 0) is 19.4 Å². The molecule has 0 saturated heterocycles. The van der Waals surface area contributed by atoms with Crippen LogP contribution in [0.4, 0.5) is 0 Å². The fourth-order valence-electron chi connectivity index (χ4n) is 1.07. The Kier molecular flexibility index (Phi) is 2.02. The van der Waals surface area contributed by atoms with E-state index in [4.69, 9.17) is 0 Å². The Hall–Kier alpha value is -0.800. The summed E-state index contributed by atoms with van der Waals surface area (Å²) in [6, 6.07) is 0. The molecule has 0 unspecified atom stereocenters. The number of allylic oxidation sites excluding steroid dienone is 2. The molecular formula is C8H15N3. The minimum absolute atomic E-state index is 1.11. The van der Waals surface area contributed by atoms with E-state index in [-0.39, 0.29) is 0 Å². The minimum Gasteiger partial charge on any atom is -0.263 e. The zero-order valence-corrected chi connectivity index (χ0v) is 7.60. The van der Waals surface area contributed by atoms with Gasteiger partial charge in [-0.3, -0.25) is 5.01 Å². The van der Waals surface area contributed by atoms with E-state index >= 15 is 0 Å². The third kappa shape index (κ3) is 1.61. The fraction of sp³-hybridized carbons (Fsp3) is 0.500. The summed E-state index contributed by atoms with van der Waals surface area (Å²) in [5, 5.41) is 3.92. The zero-order valence-electron chi connectivity index (χ0n) is 7.60. The summed E-state index contributed by atoms with van der Waals surface area (Å²) < 4.78 is 0. The van der Waals surface area contributed by atoms with Crippen LogP contribution in [0.1, 0.15) is 13.8 Å². The molecule has 1 rings (SSSR count). The van der Waals surface area contributed by atoms with Gasteiger partial charge in [0.2, 0.25) is 0 Å². The highest BCUT2D eigenvalue weighted by Crippen LogP contribution is 2.33. The first kappa shape index (κ1) is 8.30. The van der Waals surface area contributed by atoms with Crippen LogP contribution < -0.4 is 5.53 Å². The van der Waals surface area contributed by atoms with Gasteiger partial charge in [0, 0.05) is 14.1 Å². The molecule has 0 radical (unpaired) electrons. The molecule has 0 atom stereocenters. The molecule has 0 saturated carbocycles. The Bertz CT molecular complexity index is 215. The number of rotatable bonds is 3. The maximum Gasteiger partial charge on any atom is 0.0819 e. The van der Waals surface area contributed by atoms with Crippen LogP contribution in [0.2, 0.25) is 0 Å². The zero-order chi connectivity index (χ0) is 8.59. The van der Waals surface area contributed by atoms with Crippen molar-refractivity contribution in [2.24, 2.45) is 0 Å². The van der Waals surface area contributed by atoms with Crippen molar-refractivity contribution >= 4 is 0 Å². The highest BCUT2D eigenvalue weighted by Gasteiger charge is 2.29. The largest absolute Gasteiger partial charge is 0.263 e. The number of hydrogen-bond acceptors (Lipinski definition) is 3. The molecule has 1 N–H and O–H groups in total. The Balaban J connectivity index is 2.43. The van der Waals surface area contributed by atoms with Crippen molar-refractivity contribution in [1.29, 1.82) is 0 Å². The maximum absolute atomic E-state index is 3.87. The standard InChI is InChI=1S/C8H15N3/c1-6(2)8-7(3)11(8)9-10(4)5/h9H,1H2,2-5H3. The van der Waals surface area contributed by atoms with Crippen LogP contribution in [0.25, 0.3) is 0 Å². The summed E-state index contributed by atoms with van der Waals surface area (Å²) in [4.78, 5) is 0. The predicted octanol–water partition coefficient (Wildman–Crippen LogP) is 1.09. The number of nitrogens with one attached hydrogen (secondary N) is 1. The molecule has 3 nitrogen and oxygen atoms in total. The van der Waals surface area contributed by atoms with Crippen molar-refractivity contribution in [3.8, 4) is 0 Å². The summed E-state index contributed by atoms with van der Waals surface area (Å²) in [6.45, 7) is 7.95. The van der Waals surface area contributed by atoms with Crippen molar-refractivity contribution in [1.82, 2.24) is 15.6 Å². The predicted molar refractivity (Wildman–Crippen MR) is 46.2 cm³/mol. The van der Waals surface area contributed by atoms with Gasteiger partial charge in [0.25, 0.3) is 0 Å². The lowest BCUT2D eigenvalue weighted by atomic mass is 10.3. The highest BCUT2D eigenvalue weighted by molar-refractivity contribution is 5.42. The molecule has 0 fully saturated rings. The van der Waals surface area contributed by atoms with Crippen LogP contribution in [0.3, 0.4) is 0 Å². The van der Waals surface area contributed by atoms with Crippen LogP contribution in [0.5, 0.6) is 0 Å². The smallest absolute Gasteiger partial charge is 0.0819 e. The average Bonchev–Trinajstić information content (AvgIpc) is 2.40. The Morgan fingerprint density at radius 2 is 2.09 bits per heavy atom. The normalized spacial score (nSPS) is 16.3. The van der Waals surface area contributed by atoms with Crippen molar-refractivity contribution in [2.45, 2.75) is 13.8 Å². The minimum atomic E-state index is 1.11. The Labute approximate surface area is 67.9 Å². The van der Waals surface area contributed by atoms with E-state index in [0.29, 0.717) is 0 Å². The lowest BCUT2D eigenvalue weighted by molar-refractivity contribution is 0.169. The molecule has 0 aromatic carbocycles. The SMILES string of the molecule is C=C(C)C1=C(C)N1NN(C)C. The van der Waals surface area contributed by atoms with Crippen molar-refractivity contribution in [2.75, 3.05) is 14.1 Å². The van der Waals surface area contributed by atoms with Crippen LogP contribution in [0, 0.1) is 0 Å². The van der Waals surface area contributed by atoms with Gasteiger partial charge in [0.05, 0.1) is 11.4 Å². The highest BCUT2D eigenvalue weighted by atomic mass is 15.8. The lowest BCUT2D eigenvalue weighted by Gasteiger charge is -2.15. The third-order valence-electron chi connectivity index (χ3n) is 1.56. The van der Waals surface area contributed by atoms with E-state index < -0.39 is 0 Å². The molecule has 1 aliphatic rings. The average molecular weight is 153 g/mol. The molecule has 1 aliphatic heterocycles. The summed E-state index contributed by atoms with van der Waals surface area (Å²) >= 11 is 0. The molecule has 0 spiro atoms. The van der Waals surface area contributed by atoms with Gasteiger partial charge in [0.1, 0.15) is 0 Å². The Morgan fingerprint density at radius 3 is 2.36 bits per heavy atom. The third-order valence-corrected chi connectivity index (χ3v) is 1.56. The first-order valence-electron chi connectivity index (χ1n) is 3.64. The molecule has 0 aliphatic carbocycles. The number of nitrogens with zero attached hydrogens (tertiary/aromatic N) is 2. The van der Waals surface area contributed by atoms with E-state index in [9.17, 15) is 0 Å². The molecule has 62 valence electrons. The van der Waals surface area contributed by atoms with Gasteiger partial charge in [0.15, 0.2) is 0 Å². The molecule has 11 heavy (non-hydrogen) atoms. The quantitative estimate of drug-likeness (QED) is 0.612. The van der Waals surface area contributed by atoms with Crippen molar-refractivity contribution < 1.29 is 0 Å². The molecule has 0 amide bonds. The molecule has 0 bridgehead atoms. The molecule has 3 heteroatoms. The second-order valence-electron chi connectivity index (χ2n) is 3.04. The molecule has 1 heterocycles. The summed E-state index contributed by atoms with van der Waals surface area (Å²) in [6.07, 6.45) is 0. The Morgan fingerprint density at radius 1 is 1.55 bits per heavy atom. The van der Waals surface area contributed by atoms with Gasteiger partial charge in [-0.25, -0.2) is 5.01 Å². The van der Waals surface area contributed by atoms with Gasteiger partial charge < -0.3 is 0 Å². The summed E-state index contributed by atoms with van der Waals surface area (Å²) in [7, 11) is 3.92. The first-order valence-corrected chi connectivity index (χ1v) is 3.64. The lowest BCUT2D eigenvalue weighted by Crippen LogP contribution is -2.36. The summed E-state index contributed by atoms with van der Waals surface area (Å²) in [5.74, 6) is 0. The number of hydrazine groups is 2. The van der Waals surface area contributed by atoms with Gasteiger partial charge in [-0.15, -0.1) is 0 Å². The molecule has 0 aromatic rings. The topological polar surface area (TPSA) is 18.3 Å².